The third kappa shape index (κ3) is 2.72. The normalized spacial score (nSPS) is 25.2. The highest BCUT2D eigenvalue weighted by Gasteiger charge is 2.34. The maximum atomic E-state index is 12.9. The van der Waals surface area contributed by atoms with Gasteiger partial charge in [-0.25, -0.2) is 4.98 Å². The molecule has 1 unspecified atom stereocenters. The predicted octanol–water partition coefficient (Wildman–Crippen LogP) is 1.37. The molecule has 6 heteroatoms. The fourth-order valence-electron chi connectivity index (χ4n) is 4.54. The molecule has 0 spiro atoms. The number of aryl methyl sites for hydroxylation is 1. The Balaban J connectivity index is 1.34. The minimum Gasteiger partial charge on any atom is -0.342 e. The SMILES string of the molecule is Cc1ncc2n1CCC(C(=O)N1CCC(N3CCCC3=O)CC1)C2. The highest BCUT2D eigenvalue weighted by molar-refractivity contribution is 5.80. The second-order valence-electron chi connectivity index (χ2n) is 7.39. The van der Waals surface area contributed by atoms with Crippen LogP contribution in [0.15, 0.2) is 6.20 Å². The predicted molar refractivity (Wildman–Crippen MR) is 89.3 cm³/mol. The van der Waals surface area contributed by atoms with E-state index in [0.29, 0.717) is 24.3 Å². The van der Waals surface area contributed by atoms with Crippen molar-refractivity contribution in [1.29, 1.82) is 0 Å². The van der Waals surface area contributed by atoms with Gasteiger partial charge in [0.15, 0.2) is 0 Å². The van der Waals surface area contributed by atoms with Gasteiger partial charge < -0.3 is 14.4 Å². The molecule has 3 aliphatic heterocycles. The van der Waals surface area contributed by atoms with E-state index in [1.807, 2.05) is 22.9 Å². The number of aromatic nitrogens is 2. The van der Waals surface area contributed by atoms with Gasteiger partial charge in [-0.15, -0.1) is 0 Å². The zero-order chi connectivity index (χ0) is 16.7. The largest absolute Gasteiger partial charge is 0.342 e. The standard InChI is InChI=1S/C18H26N4O2/c1-13-19-12-16-11-14(4-10-21(13)16)18(24)20-8-5-15(6-9-20)22-7-2-3-17(22)23/h12,14-15H,2-11H2,1H3. The van der Waals surface area contributed by atoms with Crippen LogP contribution < -0.4 is 0 Å². The summed E-state index contributed by atoms with van der Waals surface area (Å²) in [4.78, 5) is 33.2. The lowest BCUT2D eigenvalue weighted by atomic mass is 9.93. The summed E-state index contributed by atoms with van der Waals surface area (Å²) in [5, 5.41) is 0. The minimum atomic E-state index is 0.0959. The number of carbonyl (C=O) groups is 2. The summed E-state index contributed by atoms with van der Waals surface area (Å²) in [6.45, 7) is 5.42. The van der Waals surface area contributed by atoms with E-state index in [1.54, 1.807) is 0 Å². The van der Waals surface area contributed by atoms with Crippen molar-refractivity contribution in [3.8, 4) is 0 Å². The van der Waals surface area contributed by atoms with Gasteiger partial charge in [-0.1, -0.05) is 0 Å². The Bertz CT molecular complexity index is 645. The van der Waals surface area contributed by atoms with Crippen LogP contribution >= 0.6 is 0 Å². The van der Waals surface area contributed by atoms with Crippen LogP contribution in [0.3, 0.4) is 0 Å². The second kappa shape index (κ2) is 6.22. The van der Waals surface area contributed by atoms with Crippen molar-refractivity contribution in [2.24, 2.45) is 5.92 Å². The number of fused-ring (bicyclic) bond motifs is 1. The molecule has 0 saturated carbocycles. The lowest BCUT2D eigenvalue weighted by molar-refractivity contribution is -0.138. The average Bonchev–Trinajstić information content (AvgIpc) is 3.20. The summed E-state index contributed by atoms with van der Waals surface area (Å²) in [6.07, 6.45) is 7.20. The van der Waals surface area contributed by atoms with E-state index in [1.165, 1.54) is 5.69 Å². The van der Waals surface area contributed by atoms with E-state index in [9.17, 15) is 9.59 Å². The number of carbonyl (C=O) groups excluding carboxylic acids is 2. The molecule has 0 aliphatic carbocycles. The maximum absolute atomic E-state index is 12.9. The zero-order valence-corrected chi connectivity index (χ0v) is 14.4. The van der Waals surface area contributed by atoms with Crippen LogP contribution in [0.4, 0.5) is 0 Å². The van der Waals surface area contributed by atoms with Crippen LogP contribution in [0.5, 0.6) is 0 Å². The first-order valence-electron chi connectivity index (χ1n) is 9.23. The van der Waals surface area contributed by atoms with Crippen molar-refractivity contribution in [2.45, 2.75) is 58.0 Å². The van der Waals surface area contributed by atoms with E-state index in [4.69, 9.17) is 0 Å². The topological polar surface area (TPSA) is 58.4 Å². The molecule has 0 N–H and O–H groups in total. The van der Waals surface area contributed by atoms with Crippen molar-refractivity contribution >= 4 is 11.8 Å². The summed E-state index contributed by atoms with van der Waals surface area (Å²) in [6, 6.07) is 0.347. The van der Waals surface area contributed by atoms with Gasteiger partial charge in [0.1, 0.15) is 5.82 Å². The van der Waals surface area contributed by atoms with Crippen molar-refractivity contribution in [2.75, 3.05) is 19.6 Å². The van der Waals surface area contributed by atoms with E-state index in [-0.39, 0.29) is 5.92 Å². The van der Waals surface area contributed by atoms with E-state index < -0.39 is 0 Å². The molecule has 4 heterocycles. The number of imidazole rings is 1. The lowest BCUT2D eigenvalue weighted by Crippen LogP contribution is -2.49. The monoisotopic (exact) mass is 330 g/mol. The molecular formula is C18H26N4O2. The average molecular weight is 330 g/mol. The van der Waals surface area contributed by atoms with Gasteiger partial charge in [0.25, 0.3) is 0 Å². The molecule has 6 nitrogen and oxygen atoms in total. The summed E-state index contributed by atoms with van der Waals surface area (Å²) in [7, 11) is 0. The first kappa shape index (κ1) is 15.7. The molecule has 2 fully saturated rings. The molecule has 0 bridgehead atoms. The Morgan fingerprint density at radius 1 is 1.17 bits per heavy atom. The Morgan fingerprint density at radius 3 is 2.67 bits per heavy atom. The highest BCUT2D eigenvalue weighted by atomic mass is 16.2. The number of piperidine rings is 1. The molecule has 130 valence electrons. The molecule has 0 aromatic carbocycles. The first-order valence-corrected chi connectivity index (χ1v) is 9.23. The third-order valence-electron chi connectivity index (χ3n) is 5.97. The van der Waals surface area contributed by atoms with Gasteiger partial charge in [0.05, 0.1) is 0 Å². The van der Waals surface area contributed by atoms with Gasteiger partial charge in [0.2, 0.25) is 11.8 Å². The van der Waals surface area contributed by atoms with Gasteiger partial charge in [-0.05, 0) is 32.6 Å². The number of hydrogen-bond acceptors (Lipinski definition) is 3. The smallest absolute Gasteiger partial charge is 0.226 e. The quantitative estimate of drug-likeness (QED) is 0.823. The number of hydrogen-bond donors (Lipinski definition) is 0. The minimum absolute atomic E-state index is 0.0959. The van der Waals surface area contributed by atoms with Crippen molar-refractivity contribution in [3.63, 3.8) is 0 Å². The van der Waals surface area contributed by atoms with Crippen LogP contribution in [0.1, 0.15) is 43.6 Å². The third-order valence-corrected chi connectivity index (χ3v) is 5.97. The number of rotatable bonds is 2. The van der Waals surface area contributed by atoms with Gasteiger partial charge in [-0.2, -0.15) is 0 Å². The fraction of sp³-hybridized carbons (Fsp3) is 0.722. The van der Waals surface area contributed by atoms with Crippen LogP contribution in [0, 0.1) is 12.8 Å². The molecule has 4 rings (SSSR count). The molecule has 1 aromatic heterocycles. The summed E-state index contributed by atoms with van der Waals surface area (Å²) in [5.74, 6) is 1.74. The van der Waals surface area contributed by atoms with Crippen LogP contribution in [-0.4, -0.2) is 56.8 Å². The Labute approximate surface area is 142 Å². The molecule has 0 radical (unpaired) electrons. The van der Waals surface area contributed by atoms with Crippen LogP contribution in [0.25, 0.3) is 0 Å². The zero-order valence-electron chi connectivity index (χ0n) is 14.4. The number of likely N-dealkylation sites (tertiary alicyclic amines) is 2. The molecule has 2 saturated heterocycles. The lowest BCUT2D eigenvalue weighted by Gasteiger charge is -2.38. The van der Waals surface area contributed by atoms with Gasteiger partial charge in [-0.3, -0.25) is 9.59 Å². The summed E-state index contributed by atoms with van der Waals surface area (Å²) < 4.78 is 2.23. The maximum Gasteiger partial charge on any atom is 0.226 e. The van der Waals surface area contributed by atoms with Crippen molar-refractivity contribution in [3.05, 3.63) is 17.7 Å². The Morgan fingerprint density at radius 2 is 1.96 bits per heavy atom. The molecule has 24 heavy (non-hydrogen) atoms. The van der Waals surface area contributed by atoms with Gasteiger partial charge >= 0.3 is 0 Å². The summed E-state index contributed by atoms with van der Waals surface area (Å²) >= 11 is 0. The van der Waals surface area contributed by atoms with Crippen LogP contribution in [0.2, 0.25) is 0 Å². The Hall–Kier alpha value is -1.85. The Kier molecular flexibility index (Phi) is 4.06. The van der Waals surface area contributed by atoms with E-state index >= 15 is 0 Å². The van der Waals surface area contributed by atoms with Crippen molar-refractivity contribution in [1.82, 2.24) is 19.4 Å². The van der Waals surface area contributed by atoms with E-state index in [2.05, 4.69) is 9.55 Å². The highest BCUT2D eigenvalue weighted by Crippen LogP contribution is 2.27. The number of nitrogens with zero attached hydrogens (tertiary/aromatic N) is 4. The molecular weight excluding hydrogens is 304 g/mol. The second-order valence-corrected chi connectivity index (χ2v) is 7.39. The molecule has 2 amide bonds. The van der Waals surface area contributed by atoms with E-state index in [0.717, 1.165) is 64.1 Å². The first-order chi connectivity index (χ1) is 11.6. The molecule has 1 aromatic rings. The number of amides is 2. The van der Waals surface area contributed by atoms with Crippen molar-refractivity contribution < 1.29 is 9.59 Å². The van der Waals surface area contributed by atoms with Crippen LogP contribution in [-0.2, 0) is 22.6 Å². The summed E-state index contributed by atoms with van der Waals surface area (Å²) in [5.41, 5.74) is 1.19. The fourth-order valence-corrected chi connectivity index (χ4v) is 4.54. The van der Waals surface area contributed by atoms with Gasteiger partial charge in [0, 0.05) is 62.9 Å². The molecule has 1 atom stereocenters. The molecule has 3 aliphatic rings.